The fourth-order valence-corrected chi connectivity index (χ4v) is 1.89. The van der Waals surface area contributed by atoms with Gasteiger partial charge in [0.1, 0.15) is 0 Å². The normalized spacial score (nSPS) is 34.1. The molecule has 0 bridgehead atoms. The van der Waals surface area contributed by atoms with E-state index in [1.54, 1.807) is 6.92 Å². The lowest BCUT2D eigenvalue weighted by Gasteiger charge is -2.28. The smallest absolute Gasteiger partial charge is 0.236 e. The highest BCUT2D eigenvalue weighted by Crippen LogP contribution is 2.34. The first-order valence-corrected chi connectivity index (χ1v) is 5.21. The third kappa shape index (κ3) is 2.45. The highest BCUT2D eigenvalue weighted by Gasteiger charge is 2.38. The fourth-order valence-electron chi connectivity index (χ4n) is 1.89. The van der Waals surface area contributed by atoms with Gasteiger partial charge in [-0.2, -0.15) is 0 Å². The quantitative estimate of drug-likeness (QED) is 0.600. The van der Waals surface area contributed by atoms with Crippen molar-refractivity contribution in [2.24, 2.45) is 11.7 Å². The van der Waals surface area contributed by atoms with Crippen LogP contribution in [0.25, 0.3) is 0 Å². The highest BCUT2D eigenvalue weighted by atomic mass is 16.3. The van der Waals surface area contributed by atoms with Crippen molar-refractivity contribution in [2.45, 2.75) is 44.8 Å². The summed E-state index contributed by atoms with van der Waals surface area (Å²) in [6, 6.07) is -0.504. The van der Waals surface area contributed by atoms with Crippen molar-refractivity contribution in [1.29, 1.82) is 0 Å². The molecule has 1 aliphatic rings. The topological polar surface area (TPSA) is 75.4 Å². The molecule has 1 aliphatic carbocycles. The summed E-state index contributed by atoms with van der Waals surface area (Å²) < 4.78 is 0. The number of carbonyl (C=O) groups excluding carboxylic acids is 1. The summed E-state index contributed by atoms with van der Waals surface area (Å²) in [6.07, 6.45) is 2.84. The SMILES string of the molecule is CC(N)C(=O)NCC1(O)CCCC1C. The Kier molecular flexibility index (Phi) is 3.50. The zero-order valence-electron chi connectivity index (χ0n) is 8.92. The van der Waals surface area contributed by atoms with Gasteiger partial charge < -0.3 is 16.2 Å². The Balaban J connectivity index is 2.40. The van der Waals surface area contributed by atoms with E-state index in [0.29, 0.717) is 6.54 Å². The van der Waals surface area contributed by atoms with Crippen molar-refractivity contribution in [3.63, 3.8) is 0 Å². The van der Waals surface area contributed by atoms with Gasteiger partial charge >= 0.3 is 0 Å². The van der Waals surface area contributed by atoms with Crippen LogP contribution in [0.15, 0.2) is 0 Å². The minimum atomic E-state index is -0.718. The molecule has 1 saturated carbocycles. The number of carbonyl (C=O) groups is 1. The summed E-state index contributed by atoms with van der Waals surface area (Å²) in [5.41, 5.74) is 4.69. The van der Waals surface area contributed by atoms with E-state index in [-0.39, 0.29) is 11.8 Å². The van der Waals surface area contributed by atoms with Gasteiger partial charge in [-0.1, -0.05) is 13.3 Å². The van der Waals surface area contributed by atoms with Gasteiger partial charge in [-0.3, -0.25) is 4.79 Å². The van der Waals surface area contributed by atoms with Gasteiger partial charge in [-0.25, -0.2) is 0 Å². The molecule has 1 fully saturated rings. The van der Waals surface area contributed by atoms with E-state index in [1.807, 2.05) is 6.92 Å². The molecule has 0 aromatic carbocycles. The van der Waals surface area contributed by atoms with Crippen LogP contribution in [0.3, 0.4) is 0 Å². The van der Waals surface area contributed by atoms with Crippen LogP contribution in [0.5, 0.6) is 0 Å². The van der Waals surface area contributed by atoms with Crippen molar-refractivity contribution in [2.75, 3.05) is 6.54 Å². The van der Waals surface area contributed by atoms with E-state index in [4.69, 9.17) is 5.73 Å². The molecule has 3 atom stereocenters. The van der Waals surface area contributed by atoms with Crippen LogP contribution in [0.4, 0.5) is 0 Å². The van der Waals surface area contributed by atoms with Crippen LogP contribution in [0, 0.1) is 5.92 Å². The molecule has 82 valence electrons. The molecule has 0 aromatic rings. The number of amides is 1. The summed E-state index contributed by atoms with van der Waals surface area (Å²) in [5.74, 6) is 0.0633. The van der Waals surface area contributed by atoms with Gasteiger partial charge in [-0.15, -0.1) is 0 Å². The molecule has 0 aromatic heterocycles. The number of hydrogen-bond acceptors (Lipinski definition) is 3. The molecule has 0 radical (unpaired) electrons. The third-order valence-corrected chi connectivity index (χ3v) is 3.15. The zero-order chi connectivity index (χ0) is 10.8. The number of aliphatic hydroxyl groups is 1. The summed E-state index contributed by atoms with van der Waals surface area (Å²) in [5, 5.41) is 12.8. The van der Waals surface area contributed by atoms with Crippen LogP contribution >= 0.6 is 0 Å². The molecule has 4 nitrogen and oxygen atoms in total. The van der Waals surface area contributed by atoms with Crippen molar-refractivity contribution in [3.05, 3.63) is 0 Å². The van der Waals surface area contributed by atoms with Crippen LogP contribution in [-0.4, -0.2) is 29.2 Å². The fraction of sp³-hybridized carbons (Fsp3) is 0.900. The predicted molar refractivity (Wildman–Crippen MR) is 54.6 cm³/mol. The lowest BCUT2D eigenvalue weighted by Crippen LogP contribution is -2.48. The van der Waals surface area contributed by atoms with Crippen LogP contribution in [-0.2, 0) is 4.79 Å². The summed E-state index contributed by atoms with van der Waals surface area (Å²) in [6.45, 7) is 3.98. The van der Waals surface area contributed by atoms with Crippen molar-refractivity contribution >= 4 is 5.91 Å². The highest BCUT2D eigenvalue weighted by molar-refractivity contribution is 5.81. The minimum absolute atomic E-state index is 0.197. The van der Waals surface area contributed by atoms with Crippen LogP contribution in [0.2, 0.25) is 0 Å². The Labute approximate surface area is 84.9 Å². The molecule has 4 heteroatoms. The Morgan fingerprint density at radius 3 is 2.86 bits per heavy atom. The first-order valence-electron chi connectivity index (χ1n) is 5.21. The molecule has 4 N–H and O–H groups in total. The minimum Gasteiger partial charge on any atom is -0.388 e. The molecule has 1 rings (SSSR count). The van der Waals surface area contributed by atoms with E-state index >= 15 is 0 Å². The number of rotatable bonds is 3. The Morgan fingerprint density at radius 1 is 1.79 bits per heavy atom. The second-order valence-corrected chi connectivity index (χ2v) is 4.40. The van der Waals surface area contributed by atoms with E-state index in [0.717, 1.165) is 19.3 Å². The molecule has 14 heavy (non-hydrogen) atoms. The van der Waals surface area contributed by atoms with Crippen LogP contribution in [0.1, 0.15) is 33.1 Å². The van der Waals surface area contributed by atoms with Gasteiger partial charge in [0.15, 0.2) is 0 Å². The van der Waals surface area contributed by atoms with E-state index < -0.39 is 11.6 Å². The Morgan fingerprint density at radius 2 is 2.43 bits per heavy atom. The number of nitrogens with one attached hydrogen (secondary N) is 1. The van der Waals surface area contributed by atoms with Gasteiger partial charge in [0.2, 0.25) is 5.91 Å². The van der Waals surface area contributed by atoms with Gasteiger partial charge in [0.25, 0.3) is 0 Å². The maximum Gasteiger partial charge on any atom is 0.236 e. The zero-order valence-corrected chi connectivity index (χ0v) is 8.92. The number of hydrogen-bond donors (Lipinski definition) is 3. The van der Waals surface area contributed by atoms with Gasteiger partial charge in [0.05, 0.1) is 11.6 Å². The first-order chi connectivity index (χ1) is 6.46. The molecule has 3 unspecified atom stereocenters. The second-order valence-electron chi connectivity index (χ2n) is 4.40. The van der Waals surface area contributed by atoms with E-state index in [9.17, 15) is 9.90 Å². The Bertz CT molecular complexity index is 218. The molecule has 0 spiro atoms. The molecule has 0 saturated heterocycles. The second kappa shape index (κ2) is 4.28. The lowest BCUT2D eigenvalue weighted by atomic mass is 9.92. The summed E-state index contributed by atoms with van der Waals surface area (Å²) in [4.78, 5) is 11.2. The lowest BCUT2D eigenvalue weighted by molar-refractivity contribution is -0.123. The van der Waals surface area contributed by atoms with Crippen molar-refractivity contribution < 1.29 is 9.90 Å². The molecule has 0 aliphatic heterocycles. The van der Waals surface area contributed by atoms with Crippen LogP contribution < -0.4 is 11.1 Å². The summed E-state index contributed by atoms with van der Waals surface area (Å²) >= 11 is 0. The molecule has 0 heterocycles. The number of nitrogens with two attached hydrogens (primary N) is 1. The third-order valence-electron chi connectivity index (χ3n) is 3.15. The molecular formula is C10H20N2O2. The standard InChI is InChI=1S/C10H20N2O2/c1-7-4-3-5-10(7,14)6-12-9(13)8(2)11/h7-8,14H,3-6,11H2,1-2H3,(H,12,13). The van der Waals surface area contributed by atoms with E-state index in [2.05, 4.69) is 5.32 Å². The molecule has 1 amide bonds. The van der Waals surface area contributed by atoms with Crippen molar-refractivity contribution in [3.8, 4) is 0 Å². The maximum absolute atomic E-state index is 11.2. The Hall–Kier alpha value is -0.610. The monoisotopic (exact) mass is 200 g/mol. The largest absolute Gasteiger partial charge is 0.388 e. The van der Waals surface area contributed by atoms with E-state index in [1.165, 1.54) is 0 Å². The average molecular weight is 200 g/mol. The van der Waals surface area contributed by atoms with Gasteiger partial charge in [-0.05, 0) is 25.7 Å². The van der Waals surface area contributed by atoms with Crippen molar-refractivity contribution in [1.82, 2.24) is 5.32 Å². The summed E-state index contributed by atoms with van der Waals surface area (Å²) in [7, 11) is 0. The first kappa shape index (κ1) is 11.5. The maximum atomic E-state index is 11.2. The van der Waals surface area contributed by atoms with Gasteiger partial charge in [0, 0.05) is 6.54 Å². The molecular weight excluding hydrogens is 180 g/mol. The average Bonchev–Trinajstić information content (AvgIpc) is 2.44. The predicted octanol–water partition coefficient (Wildman–Crippen LogP) is 0.000900.